The van der Waals surface area contributed by atoms with Gasteiger partial charge >= 0.3 is 5.97 Å². The van der Waals surface area contributed by atoms with E-state index < -0.39 is 14.0 Å². The van der Waals surface area contributed by atoms with Crippen molar-refractivity contribution < 1.29 is 19.0 Å². The lowest BCUT2D eigenvalue weighted by atomic mass is 9.98. The molecule has 0 saturated heterocycles. The largest absolute Gasteiger partial charge is 0.461 e. The van der Waals surface area contributed by atoms with Crippen molar-refractivity contribution in [1.82, 2.24) is 19.7 Å². The minimum Gasteiger partial charge on any atom is -0.461 e. The Balaban J connectivity index is 1.37. The van der Waals surface area contributed by atoms with Crippen molar-refractivity contribution in [1.29, 1.82) is 0 Å². The Morgan fingerprint density at radius 3 is 2.68 bits per heavy atom. The first-order valence-corrected chi connectivity index (χ1v) is 21.5. The Hall–Kier alpha value is -3.41. The van der Waals surface area contributed by atoms with Crippen molar-refractivity contribution in [3.05, 3.63) is 51.3 Å². The second-order valence-electron chi connectivity index (χ2n) is 12.8. The van der Waals surface area contributed by atoms with Crippen LogP contribution in [-0.4, -0.2) is 66.8 Å². The predicted octanol–water partition coefficient (Wildman–Crippen LogP) is 7.45. The van der Waals surface area contributed by atoms with Gasteiger partial charge in [-0.15, -0.1) is 10.2 Å². The molecule has 1 fully saturated rings. The Labute approximate surface area is 285 Å². The minimum atomic E-state index is -1.20. The van der Waals surface area contributed by atoms with Crippen LogP contribution < -0.4 is 9.70 Å². The van der Waals surface area contributed by atoms with Crippen LogP contribution in [-0.2, 0) is 20.9 Å². The van der Waals surface area contributed by atoms with E-state index in [2.05, 4.69) is 63.4 Å². The van der Waals surface area contributed by atoms with Crippen LogP contribution in [0.5, 0.6) is 0 Å². The number of para-hydroxylation sites is 1. The van der Waals surface area contributed by atoms with Crippen LogP contribution in [0, 0.1) is 18.8 Å². The molecular formula is C34H44N6O4S2Si. The molecule has 1 aliphatic carbocycles. The molecule has 13 heteroatoms. The first-order valence-electron chi connectivity index (χ1n) is 16.2. The average molecular weight is 693 g/mol. The summed E-state index contributed by atoms with van der Waals surface area (Å²) in [4.78, 5) is 25.4. The molecule has 250 valence electrons. The van der Waals surface area contributed by atoms with Crippen LogP contribution in [0.25, 0.3) is 10.2 Å². The molecule has 1 saturated carbocycles. The second-order valence-corrected chi connectivity index (χ2v) is 20.4. The Morgan fingerprint density at radius 1 is 1.15 bits per heavy atom. The molecule has 1 aliphatic rings. The van der Waals surface area contributed by atoms with Crippen molar-refractivity contribution in [2.75, 3.05) is 31.8 Å². The molecule has 3 heterocycles. The number of carbonyl (C=O) groups excluding carboxylic acids is 1. The second kappa shape index (κ2) is 16.1. The highest BCUT2D eigenvalue weighted by atomic mass is 32.1. The van der Waals surface area contributed by atoms with E-state index in [4.69, 9.17) is 19.2 Å². The molecule has 0 spiro atoms. The van der Waals surface area contributed by atoms with Crippen molar-refractivity contribution in [2.24, 2.45) is 4.99 Å². The molecule has 1 aromatic carbocycles. The lowest BCUT2D eigenvalue weighted by molar-refractivity contribution is 0.0496. The molecule has 3 aromatic heterocycles. The van der Waals surface area contributed by atoms with Crippen molar-refractivity contribution >= 4 is 63.7 Å². The Morgan fingerprint density at radius 2 is 1.94 bits per heavy atom. The molecular weight excluding hydrogens is 649 g/mol. The number of fused-ring (bicyclic) bond motifs is 1. The summed E-state index contributed by atoms with van der Waals surface area (Å²) in [6.45, 7) is 12.5. The van der Waals surface area contributed by atoms with Gasteiger partial charge in [-0.1, -0.05) is 85.6 Å². The molecule has 5 rings (SSSR count). The zero-order valence-electron chi connectivity index (χ0n) is 28.2. The third kappa shape index (κ3) is 9.36. The maximum Gasteiger partial charge on any atom is 0.359 e. The number of esters is 1. The molecule has 0 N–H and O–H groups in total. The topological polar surface area (TPSA) is 104 Å². The number of rotatable bonds is 12. The van der Waals surface area contributed by atoms with Crippen LogP contribution >= 0.6 is 22.7 Å². The van der Waals surface area contributed by atoms with E-state index in [-0.39, 0.29) is 18.4 Å². The van der Waals surface area contributed by atoms with E-state index in [0.29, 0.717) is 35.0 Å². The number of aromatic nitrogens is 4. The van der Waals surface area contributed by atoms with E-state index in [1.807, 2.05) is 32.2 Å². The molecule has 0 bridgehead atoms. The smallest absolute Gasteiger partial charge is 0.359 e. The monoisotopic (exact) mass is 692 g/mol. The highest BCUT2D eigenvalue weighted by Gasteiger charge is 2.22. The highest BCUT2D eigenvalue weighted by molar-refractivity contribution is 7.16. The number of benzene rings is 1. The molecule has 0 unspecified atom stereocenters. The summed E-state index contributed by atoms with van der Waals surface area (Å²) in [5.41, 5.74) is 2.13. The number of hydrogen-bond donors (Lipinski definition) is 0. The first kappa shape index (κ1) is 34.9. The lowest BCUT2D eigenvalue weighted by Crippen LogP contribution is -2.23. The lowest BCUT2D eigenvalue weighted by Gasteiger charge is -2.20. The molecule has 47 heavy (non-hydrogen) atoms. The van der Waals surface area contributed by atoms with Gasteiger partial charge in [0.05, 0.1) is 22.9 Å². The number of hydrogen-bond acceptors (Lipinski definition) is 11. The van der Waals surface area contributed by atoms with Gasteiger partial charge in [-0.05, 0) is 56.5 Å². The number of ether oxygens (including phenoxy) is 3. The van der Waals surface area contributed by atoms with Gasteiger partial charge in [-0.2, -0.15) is 4.99 Å². The van der Waals surface area contributed by atoms with Gasteiger partial charge < -0.3 is 19.1 Å². The zero-order valence-corrected chi connectivity index (χ0v) is 30.8. The Kier molecular flexibility index (Phi) is 12.0. The van der Waals surface area contributed by atoms with E-state index in [0.717, 1.165) is 46.1 Å². The van der Waals surface area contributed by atoms with Gasteiger partial charge in [0.15, 0.2) is 27.3 Å². The highest BCUT2D eigenvalue weighted by Crippen LogP contribution is 2.31. The number of anilines is 2. The third-order valence-corrected chi connectivity index (χ3v) is 11.6. The Bertz CT molecular complexity index is 1810. The normalized spacial score (nSPS) is 14.3. The van der Waals surface area contributed by atoms with Crippen molar-refractivity contribution in [3.8, 4) is 11.8 Å². The summed E-state index contributed by atoms with van der Waals surface area (Å²) in [6.07, 6.45) is 6.09. The van der Waals surface area contributed by atoms with Crippen LogP contribution in [0.15, 0.2) is 35.3 Å². The summed E-state index contributed by atoms with van der Waals surface area (Å²) in [5.74, 6) is 6.78. The first-order chi connectivity index (χ1) is 22.6. The summed E-state index contributed by atoms with van der Waals surface area (Å²) >= 11 is 2.91. The van der Waals surface area contributed by atoms with E-state index >= 15 is 0 Å². The van der Waals surface area contributed by atoms with Gasteiger partial charge in [-0.25, -0.2) is 9.78 Å². The summed E-state index contributed by atoms with van der Waals surface area (Å²) in [5, 5.41) is 9.55. The van der Waals surface area contributed by atoms with Crippen molar-refractivity contribution in [3.63, 3.8) is 0 Å². The maximum absolute atomic E-state index is 12.8. The quantitative estimate of drug-likeness (QED) is 0.0653. The van der Waals surface area contributed by atoms with Crippen LogP contribution in [0.1, 0.15) is 60.0 Å². The van der Waals surface area contributed by atoms with Crippen LogP contribution in [0.2, 0.25) is 25.7 Å². The average Bonchev–Trinajstić information content (AvgIpc) is 3.63. The fraction of sp³-hybridized carbons (Fsp3) is 0.500. The fourth-order valence-electron chi connectivity index (χ4n) is 5.08. The van der Waals surface area contributed by atoms with Crippen LogP contribution in [0.4, 0.5) is 16.8 Å². The van der Waals surface area contributed by atoms with E-state index in [9.17, 15) is 4.79 Å². The maximum atomic E-state index is 12.8. The number of thiazole rings is 2. The molecule has 0 amide bonds. The number of aryl methyl sites for hydroxylation is 1. The van der Waals surface area contributed by atoms with Gasteiger partial charge in [0.25, 0.3) is 0 Å². The van der Waals surface area contributed by atoms with Crippen LogP contribution in [0.3, 0.4) is 0 Å². The van der Waals surface area contributed by atoms with Crippen molar-refractivity contribution in [2.45, 2.75) is 84.5 Å². The fourth-order valence-corrected chi connectivity index (χ4v) is 7.75. The minimum absolute atomic E-state index is 0.196. The summed E-state index contributed by atoms with van der Waals surface area (Å²) in [7, 11) is 0.647. The number of nitrogens with zero attached hydrogens (tertiary/aromatic N) is 6. The molecule has 4 aromatic rings. The number of carbonyl (C=O) groups is 1. The molecule has 0 aliphatic heterocycles. The summed E-state index contributed by atoms with van der Waals surface area (Å²) < 4.78 is 20.6. The standard InChI is InChI=1S/C34H44N6O4S2Si/c1-7-43-32(41)30-28(18-13-19-44-25-14-9-8-10-15-25)46-33(35-30)39(3)29-22-24(2)31(38-37-29)36-34-40(23-42-20-21-47(4,5)6)26-16-11-12-17-27(26)45-34/h11-12,16-17,22,25H,7-10,14-15,19-21,23H2,1-6H3/b36-34-. The van der Waals surface area contributed by atoms with E-state index in [1.54, 1.807) is 23.2 Å². The molecule has 10 nitrogen and oxygen atoms in total. The van der Waals surface area contributed by atoms with Gasteiger partial charge in [0, 0.05) is 21.7 Å². The van der Waals surface area contributed by atoms with Gasteiger partial charge in [0.1, 0.15) is 18.2 Å². The van der Waals surface area contributed by atoms with Gasteiger partial charge in [0.2, 0.25) is 0 Å². The third-order valence-electron chi connectivity index (χ3n) is 7.81. The zero-order chi connectivity index (χ0) is 33.4. The molecule has 0 radical (unpaired) electrons. The van der Waals surface area contributed by atoms with Gasteiger partial charge in [-0.3, -0.25) is 4.57 Å². The SMILES string of the molecule is CCOC(=O)c1nc(N(C)c2cc(C)c(/N=c3\sc4ccccc4n3COCC[Si](C)(C)C)nn2)sc1C#CCOC1CCCCC1. The predicted molar refractivity (Wildman–Crippen MR) is 192 cm³/mol. The van der Waals surface area contributed by atoms with E-state index in [1.165, 1.54) is 30.6 Å². The summed E-state index contributed by atoms with van der Waals surface area (Å²) in [6, 6.07) is 11.3. The molecule has 0 atom stereocenters.